The van der Waals surface area contributed by atoms with Gasteiger partial charge in [-0.1, -0.05) is 62.4 Å². The molecule has 1 saturated heterocycles. The van der Waals surface area contributed by atoms with E-state index in [4.69, 9.17) is 0 Å². The fraction of sp³-hybridized carbons (Fsp3) is 0.500. The summed E-state index contributed by atoms with van der Waals surface area (Å²) in [6.07, 6.45) is 4.68. The average molecular weight is 457 g/mol. The molecule has 1 heterocycles. The van der Waals surface area contributed by atoms with Crippen molar-refractivity contribution in [2.24, 2.45) is 5.92 Å². The Kier molecular flexibility index (Phi) is 8.88. The van der Waals surface area contributed by atoms with E-state index >= 15 is 0 Å². The van der Waals surface area contributed by atoms with Gasteiger partial charge in [0.2, 0.25) is 15.9 Å². The molecule has 0 radical (unpaired) electrons. The van der Waals surface area contributed by atoms with Gasteiger partial charge in [0.15, 0.2) is 0 Å². The van der Waals surface area contributed by atoms with E-state index in [1.54, 1.807) is 0 Å². The summed E-state index contributed by atoms with van der Waals surface area (Å²) in [6.45, 7) is 5.54. The third-order valence-corrected chi connectivity index (χ3v) is 8.29. The van der Waals surface area contributed by atoms with Crippen LogP contribution in [0.3, 0.4) is 0 Å². The normalized spacial score (nSPS) is 17.2. The lowest BCUT2D eigenvalue weighted by molar-refractivity contribution is -0.126. The second-order valence-electron chi connectivity index (χ2n) is 8.63. The molecule has 0 aliphatic carbocycles. The molecule has 1 aliphatic rings. The van der Waals surface area contributed by atoms with Gasteiger partial charge in [-0.25, -0.2) is 12.7 Å². The molecule has 1 atom stereocenters. The van der Waals surface area contributed by atoms with Crippen LogP contribution in [0.25, 0.3) is 0 Å². The van der Waals surface area contributed by atoms with Gasteiger partial charge in [-0.05, 0) is 60.8 Å². The predicted molar refractivity (Wildman–Crippen MR) is 130 cm³/mol. The standard InChI is InChI=1S/C26H36N2O3S/c1-3-21-14-15-23(4-2)25(18-21)19-27-26(29)24-13-8-16-28(20-24)32(30,31)17-9-12-22-10-6-5-7-11-22/h5-7,10-11,14-15,18,24H,3-4,8-9,12-13,16-17,19-20H2,1-2H3,(H,27,29)/t24-/m0/s1. The van der Waals surface area contributed by atoms with Crippen LogP contribution in [0.1, 0.15) is 55.4 Å². The zero-order valence-electron chi connectivity index (χ0n) is 19.3. The molecule has 0 bridgehead atoms. The van der Waals surface area contributed by atoms with E-state index in [2.05, 4.69) is 37.4 Å². The van der Waals surface area contributed by atoms with Crippen LogP contribution < -0.4 is 5.32 Å². The molecule has 174 valence electrons. The predicted octanol–water partition coefficient (Wildman–Crippen LogP) is 4.10. The number of sulfonamides is 1. The van der Waals surface area contributed by atoms with Crippen LogP contribution in [0.2, 0.25) is 0 Å². The van der Waals surface area contributed by atoms with E-state index in [0.29, 0.717) is 19.5 Å². The number of piperidine rings is 1. The molecule has 1 N–H and O–H groups in total. The van der Waals surface area contributed by atoms with E-state index in [9.17, 15) is 13.2 Å². The summed E-state index contributed by atoms with van der Waals surface area (Å²) in [4.78, 5) is 12.9. The van der Waals surface area contributed by atoms with Gasteiger partial charge in [-0.2, -0.15) is 0 Å². The Morgan fingerprint density at radius 3 is 2.53 bits per heavy atom. The molecule has 1 fully saturated rings. The maximum Gasteiger partial charge on any atom is 0.224 e. The number of nitrogens with one attached hydrogen (secondary N) is 1. The SMILES string of the molecule is CCc1ccc(CC)c(CNC(=O)[C@H]2CCCN(S(=O)(=O)CCCc3ccccc3)C2)c1. The van der Waals surface area contributed by atoms with Crippen LogP contribution >= 0.6 is 0 Å². The summed E-state index contributed by atoms with van der Waals surface area (Å²) >= 11 is 0. The third kappa shape index (κ3) is 6.66. The molecule has 0 aromatic heterocycles. The van der Waals surface area contributed by atoms with Crippen molar-refractivity contribution >= 4 is 15.9 Å². The Bertz CT molecular complexity index is 989. The number of carbonyl (C=O) groups is 1. The van der Waals surface area contributed by atoms with Crippen LogP contribution in [0, 0.1) is 5.92 Å². The van der Waals surface area contributed by atoms with Crippen molar-refractivity contribution in [3.05, 3.63) is 70.8 Å². The van der Waals surface area contributed by atoms with Gasteiger partial charge in [0, 0.05) is 19.6 Å². The van der Waals surface area contributed by atoms with Crippen LogP contribution in [-0.2, 0) is 40.6 Å². The highest BCUT2D eigenvalue weighted by atomic mass is 32.2. The summed E-state index contributed by atoms with van der Waals surface area (Å²) < 4.78 is 27.3. The summed E-state index contributed by atoms with van der Waals surface area (Å²) in [6, 6.07) is 16.4. The Balaban J connectivity index is 1.54. The highest BCUT2D eigenvalue weighted by Gasteiger charge is 2.32. The molecule has 0 saturated carbocycles. The largest absolute Gasteiger partial charge is 0.352 e. The van der Waals surface area contributed by atoms with Gasteiger partial charge in [0.25, 0.3) is 0 Å². The third-order valence-electron chi connectivity index (χ3n) is 6.37. The highest BCUT2D eigenvalue weighted by molar-refractivity contribution is 7.89. The van der Waals surface area contributed by atoms with E-state index in [1.165, 1.54) is 15.4 Å². The second-order valence-corrected chi connectivity index (χ2v) is 10.7. The number of hydrogen-bond acceptors (Lipinski definition) is 3. The molecule has 32 heavy (non-hydrogen) atoms. The monoisotopic (exact) mass is 456 g/mol. The van der Waals surface area contributed by atoms with Crippen molar-refractivity contribution in [2.45, 2.75) is 58.9 Å². The molecule has 1 aliphatic heterocycles. The molecule has 0 spiro atoms. The maximum absolute atomic E-state index is 12.9. The summed E-state index contributed by atoms with van der Waals surface area (Å²) in [5, 5.41) is 3.07. The number of amides is 1. The van der Waals surface area contributed by atoms with Crippen molar-refractivity contribution in [2.75, 3.05) is 18.8 Å². The Hall–Kier alpha value is -2.18. The molecule has 2 aromatic carbocycles. The minimum absolute atomic E-state index is 0.0434. The van der Waals surface area contributed by atoms with Gasteiger partial charge in [0.05, 0.1) is 11.7 Å². The summed E-state index contributed by atoms with van der Waals surface area (Å²) in [5.74, 6) is -0.204. The van der Waals surface area contributed by atoms with E-state index in [-0.39, 0.29) is 24.1 Å². The Labute approximate surface area is 193 Å². The molecule has 2 aromatic rings. The maximum atomic E-state index is 12.9. The molecular weight excluding hydrogens is 420 g/mol. The van der Waals surface area contributed by atoms with Crippen LogP contribution in [0.5, 0.6) is 0 Å². The molecule has 3 rings (SSSR count). The number of carbonyl (C=O) groups excluding carboxylic acids is 1. The van der Waals surface area contributed by atoms with Crippen LogP contribution in [0.4, 0.5) is 0 Å². The van der Waals surface area contributed by atoms with Gasteiger partial charge in [0.1, 0.15) is 0 Å². The first-order valence-corrected chi connectivity index (χ1v) is 13.4. The zero-order valence-corrected chi connectivity index (χ0v) is 20.2. The Morgan fingerprint density at radius 2 is 1.81 bits per heavy atom. The minimum Gasteiger partial charge on any atom is -0.352 e. The van der Waals surface area contributed by atoms with E-state index < -0.39 is 10.0 Å². The summed E-state index contributed by atoms with van der Waals surface area (Å²) in [7, 11) is -3.35. The van der Waals surface area contributed by atoms with Crippen molar-refractivity contribution in [3.63, 3.8) is 0 Å². The first-order chi connectivity index (χ1) is 15.4. The van der Waals surface area contributed by atoms with Gasteiger partial charge in [-0.15, -0.1) is 0 Å². The van der Waals surface area contributed by atoms with Gasteiger partial charge in [-0.3, -0.25) is 4.79 Å². The van der Waals surface area contributed by atoms with Gasteiger partial charge >= 0.3 is 0 Å². The smallest absolute Gasteiger partial charge is 0.224 e. The van der Waals surface area contributed by atoms with Crippen molar-refractivity contribution in [1.29, 1.82) is 0 Å². The lowest BCUT2D eigenvalue weighted by Crippen LogP contribution is -2.46. The lowest BCUT2D eigenvalue weighted by Gasteiger charge is -2.31. The van der Waals surface area contributed by atoms with Crippen molar-refractivity contribution in [3.8, 4) is 0 Å². The van der Waals surface area contributed by atoms with Gasteiger partial charge < -0.3 is 5.32 Å². The lowest BCUT2D eigenvalue weighted by atomic mass is 9.97. The topological polar surface area (TPSA) is 66.5 Å². The molecule has 0 unspecified atom stereocenters. The Morgan fingerprint density at radius 1 is 1.03 bits per heavy atom. The van der Waals surface area contributed by atoms with Crippen LogP contribution in [-0.4, -0.2) is 37.5 Å². The number of nitrogens with zero attached hydrogens (tertiary/aromatic N) is 1. The average Bonchev–Trinajstić information content (AvgIpc) is 2.83. The van der Waals surface area contributed by atoms with Crippen molar-refractivity contribution < 1.29 is 13.2 Å². The first-order valence-electron chi connectivity index (χ1n) is 11.8. The number of benzene rings is 2. The molecule has 1 amide bonds. The number of aryl methyl sites for hydroxylation is 3. The van der Waals surface area contributed by atoms with Crippen LogP contribution in [0.15, 0.2) is 48.5 Å². The van der Waals surface area contributed by atoms with Crippen molar-refractivity contribution in [1.82, 2.24) is 9.62 Å². The minimum atomic E-state index is -3.35. The van der Waals surface area contributed by atoms with E-state index in [1.807, 2.05) is 30.3 Å². The number of rotatable bonds is 10. The fourth-order valence-electron chi connectivity index (χ4n) is 4.38. The summed E-state index contributed by atoms with van der Waals surface area (Å²) in [5.41, 5.74) is 4.81. The quantitative estimate of drug-likeness (QED) is 0.585. The second kappa shape index (κ2) is 11.6. The van der Waals surface area contributed by atoms with E-state index in [0.717, 1.165) is 43.2 Å². The molecular formula is C26H36N2O3S. The fourth-order valence-corrected chi connectivity index (χ4v) is 5.96. The number of hydrogen-bond donors (Lipinski definition) is 1. The first kappa shape index (κ1) is 24.5. The zero-order chi connectivity index (χ0) is 23.0. The molecule has 5 nitrogen and oxygen atoms in total. The highest BCUT2D eigenvalue weighted by Crippen LogP contribution is 2.21. The molecule has 6 heteroatoms.